The van der Waals surface area contributed by atoms with Crippen LogP contribution in [-0.2, 0) is 0 Å². The summed E-state index contributed by atoms with van der Waals surface area (Å²) in [5.41, 5.74) is 6.50. The maximum Gasteiger partial charge on any atom is 0.335 e. The zero-order chi connectivity index (χ0) is 10.8. The molecular formula is C10H9N3O2. The molecule has 0 unspecified atom stereocenters. The van der Waals surface area contributed by atoms with Gasteiger partial charge in [-0.3, -0.25) is 0 Å². The van der Waals surface area contributed by atoms with Crippen molar-refractivity contribution in [2.24, 2.45) is 0 Å². The Bertz CT molecular complexity index is 505. The molecule has 0 aliphatic heterocycles. The second-order valence-electron chi connectivity index (χ2n) is 3.02. The van der Waals surface area contributed by atoms with Gasteiger partial charge in [0.2, 0.25) is 0 Å². The second kappa shape index (κ2) is 3.45. The Kier molecular flexibility index (Phi) is 2.13. The average Bonchev–Trinajstić information content (AvgIpc) is 2.64. The Balaban J connectivity index is 2.50. The number of nitrogens with zero attached hydrogens (tertiary/aromatic N) is 2. The van der Waals surface area contributed by atoms with Crippen molar-refractivity contribution in [1.29, 1.82) is 0 Å². The highest BCUT2D eigenvalue weighted by molar-refractivity contribution is 5.88. The van der Waals surface area contributed by atoms with E-state index >= 15 is 0 Å². The molecule has 76 valence electrons. The minimum absolute atomic E-state index is 0.211. The summed E-state index contributed by atoms with van der Waals surface area (Å²) in [7, 11) is 0. The third-order valence-electron chi connectivity index (χ3n) is 2.01. The molecule has 0 saturated heterocycles. The van der Waals surface area contributed by atoms with Crippen molar-refractivity contribution in [2.45, 2.75) is 0 Å². The summed E-state index contributed by atoms with van der Waals surface area (Å²) in [6.45, 7) is 0. The van der Waals surface area contributed by atoms with E-state index in [9.17, 15) is 4.79 Å². The van der Waals surface area contributed by atoms with Gasteiger partial charge in [-0.2, -0.15) is 5.10 Å². The molecule has 0 fully saturated rings. The molecule has 2 rings (SSSR count). The number of carbonyl (C=O) groups is 1. The van der Waals surface area contributed by atoms with Gasteiger partial charge in [-0.15, -0.1) is 0 Å². The van der Waals surface area contributed by atoms with E-state index in [1.165, 1.54) is 16.8 Å². The number of nitrogens with two attached hydrogens (primary N) is 1. The molecule has 1 aromatic heterocycles. The van der Waals surface area contributed by atoms with Crippen LogP contribution in [0.1, 0.15) is 10.4 Å². The summed E-state index contributed by atoms with van der Waals surface area (Å²) in [5.74, 6) is -0.500. The molecule has 0 spiro atoms. The first-order valence-corrected chi connectivity index (χ1v) is 4.32. The number of carboxylic acid groups (broad SMARTS) is 1. The molecule has 1 aromatic carbocycles. The van der Waals surface area contributed by atoms with Crippen molar-refractivity contribution in [3.8, 4) is 5.69 Å². The molecule has 3 N–H and O–H groups in total. The van der Waals surface area contributed by atoms with E-state index < -0.39 is 5.97 Å². The van der Waals surface area contributed by atoms with Crippen LogP contribution in [-0.4, -0.2) is 20.9 Å². The minimum atomic E-state index is -0.970. The number of hydrogen-bond donors (Lipinski definition) is 2. The van der Waals surface area contributed by atoms with Gasteiger partial charge in [0.15, 0.2) is 0 Å². The molecule has 1 heterocycles. The largest absolute Gasteiger partial charge is 0.478 e. The smallest absolute Gasteiger partial charge is 0.335 e. The van der Waals surface area contributed by atoms with Crippen molar-refractivity contribution >= 4 is 11.8 Å². The van der Waals surface area contributed by atoms with Crippen LogP contribution in [0.4, 0.5) is 5.82 Å². The van der Waals surface area contributed by atoms with Crippen LogP contribution in [0.2, 0.25) is 0 Å². The Hall–Kier alpha value is -2.30. The average molecular weight is 203 g/mol. The Morgan fingerprint density at radius 1 is 1.40 bits per heavy atom. The minimum Gasteiger partial charge on any atom is -0.478 e. The Morgan fingerprint density at radius 3 is 2.80 bits per heavy atom. The van der Waals surface area contributed by atoms with Gasteiger partial charge in [-0.25, -0.2) is 9.48 Å². The van der Waals surface area contributed by atoms with Gasteiger partial charge in [0.1, 0.15) is 5.82 Å². The van der Waals surface area contributed by atoms with E-state index in [4.69, 9.17) is 10.8 Å². The van der Waals surface area contributed by atoms with E-state index in [1.807, 2.05) is 0 Å². The zero-order valence-corrected chi connectivity index (χ0v) is 7.79. The summed E-state index contributed by atoms with van der Waals surface area (Å²) in [5, 5.41) is 12.8. The van der Waals surface area contributed by atoms with Crippen LogP contribution in [0.25, 0.3) is 5.69 Å². The summed E-state index contributed by atoms with van der Waals surface area (Å²) in [6.07, 6.45) is 1.56. The molecule has 5 nitrogen and oxygen atoms in total. The van der Waals surface area contributed by atoms with E-state index in [0.29, 0.717) is 11.5 Å². The lowest BCUT2D eigenvalue weighted by Crippen LogP contribution is -2.03. The summed E-state index contributed by atoms with van der Waals surface area (Å²) in [6, 6.07) is 8.08. The highest BCUT2D eigenvalue weighted by Crippen LogP contribution is 2.13. The third-order valence-corrected chi connectivity index (χ3v) is 2.01. The summed E-state index contributed by atoms with van der Waals surface area (Å²) < 4.78 is 1.48. The number of nitrogen functional groups attached to an aromatic ring is 1. The predicted octanol–water partition coefficient (Wildman–Crippen LogP) is 1.15. The molecule has 0 saturated carbocycles. The maximum atomic E-state index is 10.7. The highest BCUT2D eigenvalue weighted by atomic mass is 16.4. The first-order chi connectivity index (χ1) is 7.18. The lowest BCUT2D eigenvalue weighted by Gasteiger charge is -2.04. The number of aromatic nitrogens is 2. The second-order valence-corrected chi connectivity index (χ2v) is 3.02. The summed E-state index contributed by atoms with van der Waals surface area (Å²) in [4.78, 5) is 10.7. The van der Waals surface area contributed by atoms with Crippen molar-refractivity contribution in [2.75, 3.05) is 5.73 Å². The first kappa shape index (κ1) is 9.26. The fourth-order valence-corrected chi connectivity index (χ4v) is 1.30. The van der Waals surface area contributed by atoms with Crippen LogP contribution in [0, 0.1) is 0 Å². The number of carboxylic acids is 1. The van der Waals surface area contributed by atoms with Crippen molar-refractivity contribution in [3.05, 3.63) is 42.1 Å². The number of benzene rings is 1. The molecule has 0 atom stereocenters. The van der Waals surface area contributed by atoms with Gasteiger partial charge in [0.05, 0.1) is 17.4 Å². The fourth-order valence-electron chi connectivity index (χ4n) is 1.30. The molecule has 0 radical (unpaired) electrons. The Morgan fingerprint density at radius 2 is 2.20 bits per heavy atom. The van der Waals surface area contributed by atoms with Crippen LogP contribution >= 0.6 is 0 Å². The SMILES string of the molecule is Nc1ccnn1-c1cccc(C(=O)O)c1. The van der Waals surface area contributed by atoms with Crippen LogP contribution in [0.15, 0.2) is 36.5 Å². The number of aromatic carboxylic acids is 1. The predicted molar refractivity (Wildman–Crippen MR) is 54.9 cm³/mol. The number of hydrogen-bond acceptors (Lipinski definition) is 3. The standard InChI is InChI=1S/C10H9N3O2/c11-9-4-5-12-13(9)8-3-1-2-7(6-8)10(14)15/h1-6H,11H2,(H,14,15). The molecule has 0 bridgehead atoms. The van der Waals surface area contributed by atoms with E-state index in [0.717, 1.165) is 0 Å². The van der Waals surface area contributed by atoms with E-state index in [2.05, 4.69) is 5.10 Å². The van der Waals surface area contributed by atoms with Crippen molar-refractivity contribution < 1.29 is 9.90 Å². The molecule has 0 amide bonds. The normalized spacial score (nSPS) is 10.1. The fraction of sp³-hybridized carbons (Fsp3) is 0. The molecule has 2 aromatic rings. The van der Waals surface area contributed by atoms with Gasteiger partial charge >= 0.3 is 5.97 Å². The number of rotatable bonds is 2. The van der Waals surface area contributed by atoms with Crippen LogP contribution < -0.4 is 5.73 Å². The van der Waals surface area contributed by atoms with Gasteiger partial charge in [-0.1, -0.05) is 6.07 Å². The van der Waals surface area contributed by atoms with Gasteiger partial charge in [0.25, 0.3) is 0 Å². The van der Waals surface area contributed by atoms with Gasteiger partial charge in [0, 0.05) is 6.07 Å². The van der Waals surface area contributed by atoms with E-state index in [1.54, 1.807) is 24.4 Å². The summed E-state index contributed by atoms with van der Waals surface area (Å²) >= 11 is 0. The van der Waals surface area contributed by atoms with E-state index in [-0.39, 0.29) is 5.56 Å². The highest BCUT2D eigenvalue weighted by Gasteiger charge is 2.06. The Labute approximate surface area is 85.8 Å². The van der Waals surface area contributed by atoms with Gasteiger partial charge < -0.3 is 10.8 Å². The first-order valence-electron chi connectivity index (χ1n) is 4.32. The number of anilines is 1. The van der Waals surface area contributed by atoms with Crippen molar-refractivity contribution in [1.82, 2.24) is 9.78 Å². The van der Waals surface area contributed by atoms with Crippen molar-refractivity contribution in [3.63, 3.8) is 0 Å². The van der Waals surface area contributed by atoms with Crippen LogP contribution in [0.5, 0.6) is 0 Å². The monoisotopic (exact) mass is 203 g/mol. The lowest BCUT2D eigenvalue weighted by atomic mass is 10.2. The third kappa shape index (κ3) is 1.67. The molecule has 0 aliphatic carbocycles. The molecular weight excluding hydrogens is 194 g/mol. The molecule has 0 aliphatic rings. The zero-order valence-electron chi connectivity index (χ0n) is 7.79. The quantitative estimate of drug-likeness (QED) is 0.767. The van der Waals surface area contributed by atoms with Gasteiger partial charge in [-0.05, 0) is 18.2 Å². The maximum absolute atomic E-state index is 10.7. The van der Waals surface area contributed by atoms with Crippen LogP contribution in [0.3, 0.4) is 0 Å². The molecule has 5 heteroatoms. The topological polar surface area (TPSA) is 81.1 Å². The molecule has 15 heavy (non-hydrogen) atoms. The lowest BCUT2D eigenvalue weighted by molar-refractivity contribution is 0.0697.